The van der Waals surface area contributed by atoms with Crippen LogP contribution in [-0.4, -0.2) is 68.7 Å². The molecule has 8 rings (SSSR count). The van der Waals surface area contributed by atoms with E-state index in [9.17, 15) is 10.2 Å². The number of ether oxygens (including phenoxy) is 1. The van der Waals surface area contributed by atoms with Crippen LogP contribution >= 0.6 is 0 Å². The van der Waals surface area contributed by atoms with Gasteiger partial charge in [0, 0.05) is 43.0 Å². The number of allylic oxidation sites excluding steroid dienone is 1. The van der Waals surface area contributed by atoms with Gasteiger partial charge in [0.05, 0.1) is 17.3 Å². The van der Waals surface area contributed by atoms with Crippen molar-refractivity contribution in [3.8, 4) is 0 Å². The van der Waals surface area contributed by atoms with Crippen molar-refractivity contribution >= 4 is 10.8 Å². The van der Waals surface area contributed by atoms with E-state index < -0.39 is 17.8 Å². The molecule has 2 spiro atoms. The Kier molecular flexibility index (Phi) is 4.64. The van der Waals surface area contributed by atoms with E-state index in [-0.39, 0.29) is 23.1 Å². The van der Waals surface area contributed by atoms with Crippen LogP contribution in [0.2, 0.25) is 0 Å². The molecule has 2 bridgehead atoms. The summed E-state index contributed by atoms with van der Waals surface area (Å²) in [6, 6.07) is 9.07. The Morgan fingerprint density at radius 3 is 2.81 bits per heavy atom. The molecule has 3 aliphatic heterocycles. The first-order valence-corrected chi connectivity index (χ1v) is 14.2. The van der Waals surface area contributed by atoms with Gasteiger partial charge in [-0.2, -0.15) is 0 Å². The van der Waals surface area contributed by atoms with Gasteiger partial charge in [0.1, 0.15) is 6.10 Å². The van der Waals surface area contributed by atoms with Crippen molar-refractivity contribution < 1.29 is 14.9 Å². The number of rotatable bonds is 2. The van der Waals surface area contributed by atoms with Gasteiger partial charge in [-0.1, -0.05) is 31.2 Å². The van der Waals surface area contributed by atoms with E-state index in [1.165, 1.54) is 28.3 Å². The van der Waals surface area contributed by atoms with Crippen molar-refractivity contribution in [2.24, 2.45) is 17.1 Å². The molecule has 6 nitrogen and oxygen atoms in total. The molecule has 2 saturated carbocycles. The lowest BCUT2D eigenvalue weighted by atomic mass is 9.58. The zero-order chi connectivity index (χ0) is 25.2. The zero-order valence-corrected chi connectivity index (χ0v) is 21.5. The highest BCUT2D eigenvalue weighted by Gasteiger charge is 2.68. The van der Waals surface area contributed by atoms with E-state index in [2.05, 4.69) is 53.2 Å². The molecule has 1 aromatic heterocycles. The first-order valence-electron chi connectivity index (χ1n) is 14.2. The number of fused-ring (bicyclic) bond motifs is 2. The third-order valence-electron chi connectivity index (χ3n) is 11.3. The van der Waals surface area contributed by atoms with Crippen LogP contribution in [0.25, 0.3) is 10.8 Å². The topological polar surface area (TPSA) is 91.8 Å². The normalized spacial score (nSPS) is 45.0. The minimum Gasteiger partial charge on any atom is -0.388 e. The molecule has 1 aromatic carbocycles. The molecule has 194 valence electrons. The molecule has 37 heavy (non-hydrogen) atoms. The lowest BCUT2D eigenvalue weighted by molar-refractivity contribution is -0.173. The summed E-state index contributed by atoms with van der Waals surface area (Å²) in [5.41, 5.74) is 8.99. The van der Waals surface area contributed by atoms with Gasteiger partial charge in [-0.25, -0.2) is 0 Å². The van der Waals surface area contributed by atoms with Crippen LogP contribution in [0.15, 0.2) is 60.0 Å². The molecule has 1 unspecified atom stereocenters. The van der Waals surface area contributed by atoms with E-state index in [1.54, 1.807) is 0 Å². The monoisotopic (exact) mass is 499 g/mol. The van der Waals surface area contributed by atoms with Crippen LogP contribution in [-0.2, 0) is 4.74 Å². The number of hydrogen-bond donors (Lipinski definition) is 3. The molecule has 4 fully saturated rings. The van der Waals surface area contributed by atoms with Crippen molar-refractivity contribution in [1.29, 1.82) is 0 Å². The average molecular weight is 500 g/mol. The molecule has 6 aliphatic rings. The largest absolute Gasteiger partial charge is 0.388 e. The maximum atomic E-state index is 11.3. The fourth-order valence-electron chi connectivity index (χ4n) is 9.46. The second-order valence-electron chi connectivity index (χ2n) is 13.0. The minimum absolute atomic E-state index is 0.106. The molecule has 4 heterocycles. The Balaban J connectivity index is 1.17. The van der Waals surface area contributed by atoms with Gasteiger partial charge in [-0.3, -0.25) is 9.88 Å². The maximum Gasteiger partial charge on any atom is 0.105 e. The molecule has 0 radical (unpaired) electrons. The maximum absolute atomic E-state index is 11.3. The highest BCUT2D eigenvalue weighted by Crippen LogP contribution is 2.69. The van der Waals surface area contributed by atoms with Crippen LogP contribution in [0.4, 0.5) is 0 Å². The Hall–Kier alpha value is -2.09. The molecule has 4 N–H and O–H groups in total. The summed E-state index contributed by atoms with van der Waals surface area (Å²) >= 11 is 0. The molecule has 2 aromatic rings. The van der Waals surface area contributed by atoms with Crippen LogP contribution in [0.5, 0.6) is 0 Å². The third-order valence-corrected chi connectivity index (χ3v) is 11.3. The van der Waals surface area contributed by atoms with Crippen molar-refractivity contribution in [1.82, 2.24) is 9.88 Å². The number of aromatic nitrogens is 1. The average Bonchev–Trinajstić information content (AvgIpc) is 3.40. The molecule has 3 aliphatic carbocycles. The summed E-state index contributed by atoms with van der Waals surface area (Å²) in [7, 11) is 0. The van der Waals surface area contributed by atoms with Gasteiger partial charge in [0.15, 0.2) is 0 Å². The highest BCUT2D eigenvalue weighted by molar-refractivity contribution is 5.82. The van der Waals surface area contributed by atoms with Gasteiger partial charge in [0.2, 0.25) is 0 Å². The van der Waals surface area contributed by atoms with Crippen molar-refractivity contribution in [3.05, 3.63) is 65.5 Å². The Labute approximate surface area is 218 Å². The molecular formula is C31H37N3O3. The lowest BCUT2D eigenvalue weighted by Gasteiger charge is -2.57. The first-order chi connectivity index (χ1) is 17.8. The summed E-state index contributed by atoms with van der Waals surface area (Å²) in [6.07, 6.45) is 12.8. The SMILES string of the molecule is C[C@]12CC=C3C=C4[C@@H](O)[C@@H](O)[C@@H](N5CC(N)C5)C[C@]45CCC3(O5)[C@@H]1CC[C@@H]2c1ccc2ccncc2c1. The van der Waals surface area contributed by atoms with Crippen molar-refractivity contribution in [2.45, 2.75) is 86.9 Å². The Morgan fingerprint density at radius 1 is 1.11 bits per heavy atom. The van der Waals surface area contributed by atoms with E-state index in [1.807, 2.05) is 12.4 Å². The second-order valence-corrected chi connectivity index (χ2v) is 13.0. The van der Waals surface area contributed by atoms with Gasteiger partial charge in [-0.05, 0) is 90.0 Å². The standard InChI is InChI=1S/C31H37N3O3/c1-29-8-6-21-13-24-27(35)28(36)25(34-16-22(32)17-34)14-30(24)9-10-31(21,37-30)26(29)5-4-23(29)19-3-2-18-7-11-33-15-20(18)12-19/h2-3,6-7,11-13,15,22-23,25-28,35-36H,4-5,8-10,14,16-17,32H2,1H3/t23-,25+,26-,27-,28+,29-,30-,31?/m1/s1. The fourth-order valence-corrected chi connectivity index (χ4v) is 9.46. The number of nitrogens with zero attached hydrogens (tertiary/aromatic N) is 2. The minimum atomic E-state index is -0.886. The van der Waals surface area contributed by atoms with E-state index in [4.69, 9.17) is 10.5 Å². The summed E-state index contributed by atoms with van der Waals surface area (Å²) in [4.78, 5) is 6.61. The summed E-state index contributed by atoms with van der Waals surface area (Å²) in [6.45, 7) is 4.05. The summed E-state index contributed by atoms with van der Waals surface area (Å²) < 4.78 is 7.33. The van der Waals surface area contributed by atoms with Gasteiger partial charge < -0.3 is 20.7 Å². The predicted octanol–water partition coefficient (Wildman–Crippen LogP) is 3.43. The zero-order valence-electron chi connectivity index (χ0n) is 21.5. The number of aliphatic hydroxyl groups is 2. The Bertz CT molecular complexity index is 1350. The van der Waals surface area contributed by atoms with Gasteiger partial charge in [0.25, 0.3) is 0 Å². The fraction of sp³-hybridized carbons (Fsp3) is 0.581. The summed E-state index contributed by atoms with van der Waals surface area (Å²) in [5.74, 6) is 0.917. The number of likely N-dealkylation sites (tertiary alicyclic amines) is 1. The van der Waals surface area contributed by atoms with E-state index in [0.717, 1.165) is 50.8 Å². The number of aliphatic hydroxyl groups excluding tert-OH is 2. The van der Waals surface area contributed by atoms with E-state index >= 15 is 0 Å². The van der Waals surface area contributed by atoms with Crippen molar-refractivity contribution in [3.63, 3.8) is 0 Å². The van der Waals surface area contributed by atoms with Crippen LogP contribution in [0, 0.1) is 11.3 Å². The van der Waals surface area contributed by atoms with Crippen molar-refractivity contribution in [2.75, 3.05) is 13.1 Å². The number of benzene rings is 1. The molecular weight excluding hydrogens is 462 g/mol. The highest BCUT2D eigenvalue weighted by atomic mass is 16.5. The van der Waals surface area contributed by atoms with Crippen LogP contribution in [0.1, 0.15) is 56.9 Å². The number of hydrogen-bond acceptors (Lipinski definition) is 6. The molecule has 8 atom stereocenters. The Morgan fingerprint density at radius 2 is 1.97 bits per heavy atom. The molecule has 0 amide bonds. The quantitative estimate of drug-likeness (QED) is 0.587. The predicted molar refractivity (Wildman–Crippen MR) is 142 cm³/mol. The smallest absolute Gasteiger partial charge is 0.105 e. The van der Waals surface area contributed by atoms with Gasteiger partial charge >= 0.3 is 0 Å². The second kappa shape index (κ2) is 7.51. The lowest BCUT2D eigenvalue weighted by Crippen LogP contribution is -2.68. The molecule has 6 heteroatoms. The van der Waals surface area contributed by atoms with E-state index in [0.29, 0.717) is 11.8 Å². The van der Waals surface area contributed by atoms with Crippen LogP contribution < -0.4 is 5.73 Å². The van der Waals surface area contributed by atoms with Gasteiger partial charge in [-0.15, -0.1) is 0 Å². The van der Waals surface area contributed by atoms with Crippen LogP contribution in [0.3, 0.4) is 0 Å². The number of pyridine rings is 1. The first kappa shape index (κ1) is 22.9. The molecule has 2 saturated heterocycles. The third kappa shape index (κ3) is 2.91. The number of nitrogens with two attached hydrogens (primary N) is 1. The summed E-state index contributed by atoms with van der Waals surface area (Å²) in [5, 5.41) is 24.9.